The molecule has 0 saturated heterocycles. The van der Waals surface area contributed by atoms with E-state index in [4.69, 9.17) is 5.73 Å². The minimum atomic E-state index is -0.404. The van der Waals surface area contributed by atoms with Crippen molar-refractivity contribution in [3.8, 4) is 5.75 Å². The van der Waals surface area contributed by atoms with Crippen LogP contribution in [0.1, 0.15) is 21.5 Å². The quantitative estimate of drug-likeness (QED) is 0.363. The molecule has 2 heterocycles. The molecular weight excluding hydrogens is 416 g/mol. The smallest absolute Gasteiger partial charge is 0.261 e. The van der Waals surface area contributed by atoms with Gasteiger partial charge in [0.05, 0.1) is 17.2 Å². The molecule has 0 aliphatic rings. The van der Waals surface area contributed by atoms with Crippen molar-refractivity contribution in [1.29, 1.82) is 0 Å². The van der Waals surface area contributed by atoms with Crippen LogP contribution in [0.5, 0.6) is 5.75 Å². The zero-order valence-electron chi connectivity index (χ0n) is 17.7. The molecule has 4 N–H and O–H groups in total. The standard InChI is InChI=1S/C25H20N6O2/c1-15-6-4-8-17(12-15)28-25(33)21-22-24(30-20-11-3-2-10-19(20)29-22)31(23(21)26)27-14-16-7-5-9-18(32)13-16/h2-14,32H,26H2,1H3,(H,28,33)/b27-14-. The lowest BCUT2D eigenvalue weighted by Gasteiger charge is -2.06. The molecule has 8 heteroatoms. The molecule has 0 aliphatic heterocycles. The zero-order chi connectivity index (χ0) is 22.9. The van der Waals surface area contributed by atoms with Crippen molar-refractivity contribution in [2.45, 2.75) is 6.92 Å². The number of carbonyl (C=O) groups excluding carboxylic acids is 1. The summed E-state index contributed by atoms with van der Waals surface area (Å²) in [6.45, 7) is 1.95. The second kappa shape index (κ2) is 8.08. The first kappa shape index (κ1) is 20.2. The summed E-state index contributed by atoms with van der Waals surface area (Å²) in [4.78, 5) is 22.6. The molecule has 0 saturated carbocycles. The molecule has 5 aromatic rings. The van der Waals surface area contributed by atoms with Crippen molar-refractivity contribution in [3.63, 3.8) is 0 Å². The van der Waals surface area contributed by atoms with Crippen molar-refractivity contribution in [1.82, 2.24) is 14.6 Å². The molecule has 3 aromatic carbocycles. The summed E-state index contributed by atoms with van der Waals surface area (Å²) in [5.74, 6) is -0.172. The third kappa shape index (κ3) is 3.85. The number of aromatic hydroxyl groups is 1. The van der Waals surface area contributed by atoms with E-state index in [0.29, 0.717) is 33.4 Å². The highest BCUT2D eigenvalue weighted by Crippen LogP contribution is 2.29. The Hall–Kier alpha value is -4.72. The summed E-state index contributed by atoms with van der Waals surface area (Å²) in [5.41, 5.74) is 10.9. The van der Waals surface area contributed by atoms with Gasteiger partial charge in [-0.25, -0.2) is 9.97 Å². The summed E-state index contributed by atoms with van der Waals surface area (Å²) in [7, 11) is 0. The van der Waals surface area contributed by atoms with Crippen molar-refractivity contribution in [2.75, 3.05) is 11.1 Å². The number of hydrogen-bond acceptors (Lipinski definition) is 6. The van der Waals surface area contributed by atoms with Crippen LogP contribution in [0.25, 0.3) is 22.2 Å². The van der Waals surface area contributed by atoms with Crippen molar-refractivity contribution in [3.05, 3.63) is 89.5 Å². The van der Waals surface area contributed by atoms with Crippen LogP contribution in [-0.4, -0.2) is 31.9 Å². The topological polar surface area (TPSA) is 118 Å². The Labute approximate surface area is 189 Å². The van der Waals surface area contributed by atoms with Gasteiger partial charge in [-0.05, 0) is 54.4 Å². The maximum absolute atomic E-state index is 13.3. The van der Waals surface area contributed by atoms with Crippen molar-refractivity contribution >= 4 is 45.8 Å². The number of rotatable bonds is 4. The second-order valence-corrected chi connectivity index (χ2v) is 7.62. The van der Waals surface area contributed by atoms with Gasteiger partial charge in [0.1, 0.15) is 22.6 Å². The van der Waals surface area contributed by atoms with E-state index in [2.05, 4.69) is 20.4 Å². The Morgan fingerprint density at radius 1 is 1.03 bits per heavy atom. The van der Waals surface area contributed by atoms with Gasteiger partial charge >= 0.3 is 0 Å². The van der Waals surface area contributed by atoms with Crippen molar-refractivity contribution in [2.24, 2.45) is 5.10 Å². The van der Waals surface area contributed by atoms with Crippen LogP contribution in [0.2, 0.25) is 0 Å². The summed E-state index contributed by atoms with van der Waals surface area (Å²) >= 11 is 0. The fraction of sp³-hybridized carbons (Fsp3) is 0.0400. The number of phenols is 1. The van der Waals surface area contributed by atoms with Crippen LogP contribution in [-0.2, 0) is 0 Å². The minimum absolute atomic E-state index is 0.113. The average Bonchev–Trinajstić information content (AvgIpc) is 3.06. The number of fused-ring (bicyclic) bond motifs is 2. The number of aryl methyl sites for hydroxylation is 1. The maximum Gasteiger partial charge on any atom is 0.261 e. The molecule has 0 unspecified atom stereocenters. The number of hydrogen-bond donors (Lipinski definition) is 3. The molecule has 0 aliphatic carbocycles. The molecule has 1 amide bonds. The number of para-hydroxylation sites is 2. The van der Waals surface area contributed by atoms with Crippen LogP contribution in [0.3, 0.4) is 0 Å². The van der Waals surface area contributed by atoms with Crippen LogP contribution in [0.15, 0.2) is 77.9 Å². The number of benzene rings is 3. The van der Waals surface area contributed by atoms with Gasteiger partial charge in [-0.15, -0.1) is 0 Å². The fourth-order valence-corrected chi connectivity index (χ4v) is 3.63. The van der Waals surface area contributed by atoms with E-state index < -0.39 is 5.91 Å². The van der Waals surface area contributed by atoms with E-state index >= 15 is 0 Å². The molecule has 0 radical (unpaired) electrons. The Kier molecular flexibility index (Phi) is 4.95. The van der Waals surface area contributed by atoms with Gasteiger partial charge < -0.3 is 16.2 Å². The molecule has 0 bridgehead atoms. The molecule has 0 spiro atoms. The van der Waals surface area contributed by atoms with Gasteiger partial charge in [-0.1, -0.05) is 36.4 Å². The number of amides is 1. The van der Waals surface area contributed by atoms with E-state index in [-0.39, 0.29) is 17.1 Å². The Balaban J connectivity index is 1.67. The largest absolute Gasteiger partial charge is 0.508 e. The zero-order valence-corrected chi connectivity index (χ0v) is 17.7. The van der Waals surface area contributed by atoms with E-state index in [9.17, 15) is 9.90 Å². The summed E-state index contributed by atoms with van der Waals surface area (Å²) in [5, 5.41) is 17.1. The SMILES string of the molecule is Cc1cccc(NC(=O)c2c(N)n(/N=C\c3cccc(O)c3)c3nc4ccccc4nc23)c1. The van der Waals surface area contributed by atoms with Crippen molar-refractivity contribution < 1.29 is 9.90 Å². The highest BCUT2D eigenvalue weighted by molar-refractivity contribution is 6.16. The van der Waals surface area contributed by atoms with E-state index in [0.717, 1.165) is 5.56 Å². The van der Waals surface area contributed by atoms with Crippen LogP contribution < -0.4 is 11.1 Å². The number of aromatic nitrogens is 3. The van der Waals surface area contributed by atoms with Gasteiger partial charge in [-0.3, -0.25) is 4.79 Å². The molecule has 33 heavy (non-hydrogen) atoms. The number of nitrogens with two attached hydrogens (primary N) is 1. The fourth-order valence-electron chi connectivity index (χ4n) is 3.63. The highest BCUT2D eigenvalue weighted by Gasteiger charge is 2.24. The molecule has 0 atom stereocenters. The molecule has 0 fully saturated rings. The minimum Gasteiger partial charge on any atom is -0.508 e. The Morgan fingerprint density at radius 3 is 2.55 bits per heavy atom. The Bertz CT molecular complexity index is 1550. The van der Waals surface area contributed by atoms with E-state index in [1.165, 1.54) is 10.9 Å². The van der Waals surface area contributed by atoms with Gasteiger partial charge in [0.2, 0.25) is 0 Å². The first-order chi connectivity index (χ1) is 16.0. The van der Waals surface area contributed by atoms with Gasteiger partial charge in [-0.2, -0.15) is 9.78 Å². The van der Waals surface area contributed by atoms with Gasteiger partial charge in [0, 0.05) is 5.69 Å². The normalized spacial score (nSPS) is 11.4. The highest BCUT2D eigenvalue weighted by atomic mass is 16.3. The van der Waals surface area contributed by atoms with Crippen LogP contribution >= 0.6 is 0 Å². The lowest BCUT2D eigenvalue weighted by Crippen LogP contribution is -2.14. The summed E-state index contributed by atoms with van der Waals surface area (Å²) in [6, 6.07) is 21.5. The van der Waals surface area contributed by atoms with E-state index in [1.807, 2.05) is 49.4 Å². The predicted molar refractivity (Wildman–Crippen MR) is 130 cm³/mol. The lowest BCUT2D eigenvalue weighted by molar-refractivity contribution is 0.102. The average molecular weight is 436 g/mol. The monoisotopic (exact) mass is 436 g/mol. The van der Waals surface area contributed by atoms with Gasteiger partial charge in [0.15, 0.2) is 5.65 Å². The number of nitrogen functional groups attached to an aromatic ring is 1. The van der Waals surface area contributed by atoms with Crippen LogP contribution in [0, 0.1) is 6.92 Å². The maximum atomic E-state index is 13.3. The third-order valence-corrected chi connectivity index (χ3v) is 5.17. The molecule has 2 aromatic heterocycles. The molecular formula is C25H20N6O2. The Morgan fingerprint density at radius 2 is 1.79 bits per heavy atom. The number of carbonyl (C=O) groups is 1. The second-order valence-electron chi connectivity index (χ2n) is 7.62. The van der Waals surface area contributed by atoms with Crippen LogP contribution in [0.4, 0.5) is 11.5 Å². The summed E-state index contributed by atoms with van der Waals surface area (Å²) in [6.07, 6.45) is 1.54. The van der Waals surface area contributed by atoms with Gasteiger partial charge in [0.25, 0.3) is 5.91 Å². The summed E-state index contributed by atoms with van der Waals surface area (Å²) < 4.78 is 1.39. The third-order valence-electron chi connectivity index (χ3n) is 5.17. The number of phenolic OH excluding ortho intramolecular Hbond substituents is 1. The first-order valence-corrected chi connectivity index (χ1v) is 10.3. The van der Waals surface area contributed by atoms with E-state index in [1.54, 1.807) is 30.3 Å². The number of nitrogens with one attached hydrogen (secondary N) is 1. The molecule has 162 valence electrons. The molecule has 8 nitrogen and oxygen atoms in total. The number of anilines is 2. The lowest BCUT2D eigenvalue weighted by atomic mass is 10.2. The number of nitrogens with zero attached hydrogens (tertiary/aromatic N) is 4. The first-order valence-electron chi connectivity index (χ1n) is 10.3. The predicted octanol–water partition coefficient (Wildman–Crippen LogP) is 4.32. The molecule has 5 rings (SSSR count).